The van der Waals surface area contributed by atoms with Crippen molar-refractivity contribution >= 4 is 35.4 Å². The predicted octanol–water partition coefficient (Wildman–Crippen LogP) is 3.62. The largest absolute Gasteiger partial charge is 0.218 e. The molecule has 1 aromatic rings. The Hall–Kier alpha value is -0.830. The number of aryl methyl sites for hydroxylation is 1. The first kappa shape index (κ1) is 9.71. The van der Waals surface area contributed by atoms with Crippen molar-refractivity contribution in [2.45, 2.75) is 6.92 Å². The number of halogens is 2. The van der Waals surface area contributed by atoms with Crippen LogP contribution in [0.1, 0.15) is 5.56 Å². The Morgan fingerprint density at radius 3 is 2.71 bits per heavy atom. The highest BCUT2D eigenvalue weighted by atomic mass is 35.5. The summed E-state index contributed by atoms with van der Waals surface area (Å²) in [6.45, 7) is 1.98. The normalized spacial score (nSPS) is 24.5. The highest BCUT2D eigenvalue weighted by Gasteiger charge is 2.32. The lowest BCUT2D eigenvalue weighted by Crippen LogP contribution is -2.29. The van der Waals surface area contributed by atoms with Gasteiger partial charge >= 0.3 is 0 Å². The lowest BCUT2D eigenvalue weighted by Gasteiger charge is -2.18. The van der Waals surface area contributed by atoms with E-state index < -0.39 is 0 Å². The third-order valence-corrected chi connectivity index (χ3v) is 2.81. The van der Waals surface area contributed by atoms with E-state index in [4.69, 9.17) is 23.4 Å². The molecular weight excluding hydrogens is 219 g/mol. The van der Waals surface area contributed by atoms with Crippen LogP contribution in [-0.4, -0.2) is 6.34 Å². The van der Waals surface area contributed by atoms with E-state index in [1.54, 1.807) is 18.7 Å². The second kappa shape index (κ2) is 3.39. The van der Waals surface area contributed by atoms with Crippen LogP contribution in [0.15, 0.2) is 35.6 Å². The molecule has 2 rings (SSSR count). The average Bonchev–Trinajstić information content (AvgIpc) is 2.52. The van der Waals surface area contributed by atoms with Crippen molar-refractivity contribution in [3.05, 3.63) is 41.2 Å². The van der Waals surface area contributed by atoms with Crippen LogP contribution >= 0.6 is 23.4 Å². The van der Waals surface area contributed by atoms with E-state index in [2.05, 4.69) is 4.99 Å². The quantitative estimate of drug-likeness (QED) is 0.651. The monoisotopic (exact) mass is 227 g/mol. The van der Waals surface area contributed by atoms with Crippen LogP contribution in [0.2, 0.25) is 5.02 Å². The molecule has 0 saturated carbocycles. The standard InChI is InChI=1S/C10H9Cl2N2/c1-8-3-2-4-9(11)10(8)14(12)6-5-13-7-14/h2-7H,1H3/q+1. The molecule has 1 heterocycles. The van der Waals surface area contributed by atoms with Gasteiger partial charge in [-0.3, -0.25) is 0 Å². The van der Waals surface area contributed by atoms with Gasteiger partial charge in [0.1, 0.15) is 11.2 Å². The number of aliphatic imine (C=N–C) groups is 1. The summed E-state index contributed by atoms with van der Waals surface area (Å²) >= 11 is 12.4. The average molecular weight is 228 g/mol. The Balaban J connectivity index is 2.61. The molecule has 0 bridgehead atoms. The number of para-hydroxylation sites is 1. The topological polar surface area (TPSA) is 12.4 Å². The summed E-state index contributed by atoms with van der Waals surface area (Å²) in [6, 6.07) is 5.71. The first-order valence-corrected chi connectivity index (χ1v) is 4.91. The summed E-state index contributed by atoms with van der Waals surface area (Å²) in [5, 5.41) is 0.651. The van der Waals surface area contributed by atoms with Crippen molar-refractivity contribution in [2.24, 2.45) is 4.99 Å². The first-order chi connectivity index (χ1) is 6.63. The van der Waals surface area contributed by atoms with Gasteiger partial charge in [0.05, 0.1) is 6.20 Å². The lowest BCUT2D eigenvalue weighted by molar-refractivity contribution is 0.876. The Bertz CT molecular complexity index is 392. The fourth-order valence-electron chi connectivity index (χ4n) is 1.50. The van der Waals surface area contributed by atoms with E-state index in [9.17, 15) is 0 Å². The summed E-state index contributed by atoms with van der Waals surface area (Å²) in [5.41, 5.74) is 1.90. The maximum absolute atomic E-state index is 6.32. The molecule has 0 amide bonds. The van der Waals surface area contributed by atoms with Crippen LogP contribution in [0, 0.1) is 6.92 Å². The number of rotatable bonds is 1. The second-order valence-corrected chi connectivity index (χ2v) is 4.12. The van der Waals surface area contributed by atoms with Crippen molar-refractivity contribution in [1.29, 1.82) is 0 Å². The van der Waals surface area contributed by atoms with Gasteiger partial charge in [0, 0.05) is 5.56 Å². The zero-order chi connectivity index (χ0) is 10.2. The van der Waals surface area contributed by atoms with Crippen molar-refractivity contribution in [3.8, 4) is 0 Å². The molecule has 1 unspecified atom stereocenters. The summed E-state index contributed by atoms with van der Waals surface area (Å²) < 4.78 is 0.0194. The van der Waals surface area contributed by atoms with Crippen molar-refractivity contribution < 1.29 is 0 Å². The Morgan fingerprint density at radius 1 is 1.36 bits per heavy atom. The molecule has 14 heavy (non-hydrogen) atoms. The molecule has 0 fully saturated rings. The molecule has 0 spiro atoms. The molecule has 0 saturated heterocycles. The minimum absolute atomic E-state index is 0.0194. The predicted molar refractivity (Wildman–Crippen MR) is 61.5 cm³/mol. The number of hydrogen-bond donors (Lipinski definition) is 0. The lowest BCUT2D eigenvalue weighted by atomic mass is 10.2. The number of benzene rings is 1. The van der Waals surface area contributed by atoms with Gasteiger partial charge in [-0.15, -0.1) is 4.00 Å². The molecular formula is C10H9Cl2N2+. The zero-order valence-electron chi connectivity index (χ0n) is 7.61. The van der Waals surface area contributed by atoms with Crippen molar-refractivity contribution in [2.75, 3.05) is 0 Å². The molecule has 72 valence electrons. The van der Waals surface area contributed by atoms with Gasteiger partial charge < -0.3 is 0 Å². The summed E-state index contributed by atoms with van der Waals surface area (Å²) in [7, 11) is 0. The SMILES string of the molecule is Cc1cccc(Cl)c1[N+]1(Cl)C=CN=C1. The van der Waals surface area contributed by atoms with E-state index in [0.29, 0.717) is 5.02 Å². The Kier molecular flexibility index (Phi) is 2.35. The maximum atomic E-state index is 6.32. The van der Waals surface area contributed by atoms with Crippen LogP contribution in [0.25, 0.3) is 0 Å². The molecule has 0 aromatic heterocycles. The zero-order valence-corrected chi connectivity index (χ0v) is 9.13. The summed E-state index contributed by atoms with van der Waals surface area (Å²) in [4.78, 5) is 3.97. The van der Waals surface area contributed by atoms with Gasteiger partial charge in [0.25, 0.3) is 0 Å². The van der Waals surface area contributed by atoms with Gasteiger partial charge in [0.2, 0.25) is 6.34 Å². The molecule has 1 atom stereocenters. The van der Waals surface area contributed by atoms with Crippen LogP contribution in [0.4, 0.5) is 5.69 Å². The van der Waals surface area contributed by atoms with Crippen molar-refractivity contribution in [1.82, 2.24) is 4.00 Å². The summed E-state index contributed by atoms with van der Waals surface area (Å²) in [6.07, 6.45) is 5.07. The van der Waals surface area contributed by atoms with Gasteiger partial charge in [0.15, 0.2) is 17.5 Å². The second-order valence-electron chi connectivity index (χ2n) is 3.15. The van der Waals surface area contributed by atoms with Crippen molar-refractivity contribution in [3.63, 3.8) is 0 Å². The Labute approximate surface area is 92.8 Å². The molecule has 1 aliphatic heterocycles. The highest BCUT2D eigenvalue weighted by molar-refractivity contribution is 6.37. The molecule has 0 N–H and O–H groups in total. The van der Waals surface area contributed by atoms with E-state index in [1.165, 1.54) is 0 Å². The van der Waals surface area contributed by atoms with Gasteiger partial charge in [-0.05, 0) is 13.0 Å². The molecule has 4 heteroatoms. The molecule has 2 nitrogen and oxygen atoms in total. The van der Waals surface area contributed by atoms with E-state index in [0.717, 1.165) is 11.3 Å². The summed E-state index contributed by atoms with van der Waals surface area (Å²) in [5.74, 6) is 0. The van der Waals surface area contributed by atoms with E-state index in [1.807, 2.05) is 25.1 Å². The smallest absolute Gasteiger partial charge is 0.204 e. The molecule has 0 aliphatic carbocycles. The van der Waals surface area contributed by atoms with Gasteiger partial charge in [-0.25, -0.2) is 4.99 Å². The fraction of sp³-hybridized carbons (Fsp3) is 0.100. The highest BCUT2D eigenvalue weighted by Crippen LogP contribution is 2.37. The minimum Gasteiger partial charge on any atom is -0.204 e. The van der Waals surface area contributed by atoms with Gasteiger partial charge in [-0.1, -0.05) is 23.7 Å². The first-order valence-electron chi connectivity index (χ1n) is 4.19. The molecule has 0 radical (unpaired) electrons. The van der Waals surface area contributed by atoms with Crippen LogP contribution in [0.3, 0.4) is 0 Å². The number of hydrogen-bond acceptors (Lipinski definition) is 1. The third kappa shape index (κ3) is 1.46. The third-order valence-electron chi connectivity index (χ3n) is 2.14. The number of nitrogens with zero attached hydrogens (tertiary/aromatic N) is 2. The fourth-order valence-corrected chi connectivity index (χ4v) is 2.23. The van der Waals surface area contributed by atoms with Crippen LogP contribution in [0.5, 0.6) is 0 Å². The van der Waals surface area contributed by atoms with E-state index in [-0.39, 0.29) is 4.00 Å². The minimum atomic E-state index is 0.0194. The van der Waals surface area contributed by atoms with Crippen LogP contribution in [-0.2, 0) is 0 Å². The Morgan fingerprint density at radius 2 is 2.14 bits per heavy atom. The number of quaternary nitrogens is 1. The molecule has 1 aromatic carbocycles. The van der Waals surface area contributed by atoms with Crippen LogP contribution < -0.4 is 4.00 Å². The molecule has 1 aliphatic rings. The van der Waals surface area contributed by atoms with E-state index >= 15 is 0 Å². The van der Waals surface area contributed by atoms with Gasteiger partial charge in [-0.2, -0.15) is 0 Å². The maximum Gasteiger partial charge on any atom is 0.218 e.